The molecule has 1 aliphatic carbocycles. The van der Waals surface area contributed by atoms with Crippen molar-refractivity contribution in [2.45, 2.75) is 82.9 Å². The van der Waals surface area contributed by atoms with Gasteiger partial charge in [-0.3, -0.25) is 4.79 Å². The molecule has 7 nitrogen and oxygen atoms in total. The summed E-state index contributed by atoms with van der Waals surface area (Å²) in [5, 5.41) is 5.34. The number of nitrogens with zero attached hydrogens (tertiary/aromatic N) is 3. The third-order valence-electron chi connectivity index (χ3n) is 6.98. The monoisotopic (exact) mass is 525 g/mol. The van der Waals surface area contributed by atoms with E-state index >= 15 is 0 Å². The van der Waals surface area contributed by atoms with Gasteiger partial charge in [-0.1, -0.05) is 37.5 Å². The van der Waals surface area contributed by atoms with Crippen molar-refractivity contribution in [1.29, 1.82) is 0 Å². The SMILES string of the molecule is Cc1c(C2=NN(C3CCCCC3)S(=O)(=O)c3ccccc32)c2cc(F)ccc2n1CC(=O)OC(C)(C)C. The maximum absolute atomic E-state index is 14.5. The van der Waals surface area contributed by atoms with Gasteiger partial charge in [-0.05, 0) is 64.8 Å². The summed E-state index contributed by atoms with van der Waals surface area (Å²) in [5.41, 5.74) is 2.23. The molecule has 0 spiro atoms. The highest BCUT2D eigenvalue weighted by Crippen LogP contribution is 2.37. The summed E-state index contributed by atoms with van der Waals surface area (Å²) >= 11 is 0. The minimum atomic E-state index is -3.84. The van der Waals surface area contributed by atoms with E-state index in [1.54, 1.807) is 55.7 Å². The van der Waals surface area contributed by atoms with Crippen LogP contribution in [0.25, 0.3) is 10.9 Å². The Morgan fingerprint density at radius 1 is 1.11 bits per heavy atom. The van der Waals surface area contributed by atoms with E-state index in [2.05, 4.69) is 0 Å². The van der Waals surface area contributed by atoms with E-state index in [-0.39, 0.29) is 17.5 Å². The number of ether oxygens (including phenoxy) is 1. The summed E-state index contributed by atoms with van der Waals surface area (Å²) in [5.74, 6) is -0.842. The predicted molar refractivity (Wildman–Crippen MR) is 140 cm³/mol. The highest BCUT2D eigenvalue weighted by Gasteiger charge is 2.39. The van der Waals surface area contributed by atoms with Crippen molar-refractivity contribution < 1.29 is 22.3 Å². The summed E-state index contributed by atoms with van der Waals surface area (Å²) in [6.45, 7) is 7.20. The molecule has 1 saturated carbocycles. The average molecular weight is 526 g/mol. The number of halogens is 1. The van der Waals surface area contributed by atoms with E-state index < -0.39 is 27.4 Å². The molecule has 2 aromatic carbocycles. The number of benzene rings is 2. The standard InChI is InChI=1S/C28H32FN3O4S/c1-18-26(22-16-19(29)14-15-23(22)31(18)17-25(33)36-28(2,3)4)27-21-12-8-9-13-24(21)37(34,35)32(30-27)20-10-6-5-7-11-20/h8-9,12-16,20H,5-7,10-11,17H2,1-4H3. The normalized spacial score (nSPS) is 18.0. The zero-order chi connectivity index (χ0) is 26.5. The van der Waals surface area contributed by atoms with Gasteiger partial charge in [0.2, 0.25) is 0 Å². The minimum Gasteiger partial charge on any atom is -0.459 e. The van der Waals surface area contributed by atoms with Gasteiger partial charge in [-0.25, -0.2) is 4.39 Å². The Morgan fingerprint density at radius 3 is 2.51 bits per heavy atom. The van der Waals surface area contributed by atoms with Crippen molar-refractivity contribution in [1.82, 2.24) is 8.98 Å². The Bertz CT molecular complexity index is 1510. The molecule has 3 aromatic rings. The van der Waals surface area contributed by atoms with Crippen molar-refractivity contribution in [3.8, 4) is 0 Å². The number of sulfonamides is 1. The molecule has 0 bridgehead atoms. The molecule has 5 rings (SSSR count). The zero-order valence-electron chi connectivity index (χ0n) is 21.6. The van der Waals surface area contributed by atoms with E-state index in [4.69, 9.17) is 9.84 Å². The second-order valence-electron chi connectivity index (χ2n) is 10.8. The quantitative estimate of drug-likeness (QED) is 0.420. The van der Waals surface area contributed by atoms with Gasteiger partial charge in [0.25, 0.3) is 10.0 Å². The number of carbonyl (C=O) groups is 1. The molecule has 9 heteroatoms. The first-order valence-corrected chi connectivity index (χ1v) is 14.1. The lowest BCUT2D eigenvalue weighted by molar-refractivity contribution is -0.155. The van der Waals surface area contributed by atoms with Crippen LogP contribution in [0, 0.1) is 12.7 Å². The van der Waals surface area contributed by atoms with Crippen LogP contribution >= 0.6 is 0 Å². The summed E-state index contributed by atoms with van der Waals surface area (Å²) < 4.78 is 50.5. The van der Waals surface area contributed by atoms with Gasteiger partial charge in [-0.15, -0.1) is 0 Å². The fourth-order valence-corrected chi connectivity index (χ4v) is 7.11. The van der Waals surface area contributed by atoms with Gasteiger partial charge < -0.3 is 9.30 Å². The predicted octanol–water partition coefficient (Wildman–Crippen LogP) is 5.52. The molecule has 0 amide bonds. The van der Waals surface area contributed by atoms with E-state index in [0.717, 1.165) is 32.1 Å². The molecule has 2 heterocycles. The molecular formula is C28H32FN3O4S. The Labute approximate surface area is 217 Å². The maximum Gasteiger partial charge on any atom is 0.326 e. The molecule has 0 radical (unpaired) electrons. The van der Waals surface area contributed by atoms with Gasteiger partial charge in [0, 0.05) is 27.7 Å². The number of esters is 1. The van der Waals surface area contributed by atoms with E-state index in [9.17, 15) is 17.6 Å². The summed E-state index contributed by atoms with van der Waals surface area (Å²) in [6.07, 6.45) is 4.46. The first-order chi connectivity index (χ1) is 17.5. The summed E-state index contributed by atoms with van der Waals surface area (Å²) in [4.78, 5) is 13.0. The number of hydrazone groups is 1. The highest BCUT2D eigenvalue weighted by molar-refractivity contribution is 7.89. The van der Waals surface area contributed by atoms with Crippen LogP contribution in [0.15, 0.2) is 52.5 Å². The third kappa shape index (κ3) is 4.65. The molecule has 37 heavy (non-hydrogen) atoms. The Morgan fingerprint density at radius 2 is 1.81 bits per heavy atom. The van der Waals surface area contributed by atoms with Crippen molar-refractivity contribution in [2.75, 3.05) is 0 Å². The maximum atomic E-state index is 14.5. The molecule has 0 atom stereocenters. The molecule has 0 saturated heterocycles. The number of aromatic nitrogens is 1. The molecule has 196 valence electrons. The zero-order valence-corrected chi connectivity index (χ0v) is 22.4. The first-order valence-electron chi connectivity index (χ1n) is 12.7. The minimum absolute atomic E-state index is 0.0647. The Kier molecular flexibility index (Phi) is 6.38. The second-order valence-corrected chi connectivity index (χ2v) is 12.6. The first kappa shape index (κ1) is 25.4. The summed E-state index contributed by atoms with van der Waals surface area (Å²) in [7, 11) is -3.84. The topological polar surface area (TPSA) is 81.0 Å². The van der Waals surface area contributed by atoms with Crippen LogP contribution in [0.4, 0.5) is 4.39 Å². The lowest BCUT2D eigenvalue weighted by Crippen LogP contribution is -2.41. The van der Waals surface area contributed by atoms with Gasteiger partial charge in [0.15, 0.2) is 0 Å². The van der Waals surface area contributed by atoms with Gasteiger partial charge in [-0.2, -0.15) is 17.9 Å². The van der Waals surface area contributed by atoms with Crippen molar-refractivity contribution in [2.24, 2.45) is 5.10 Å². The number of carbonyl (C=O) groups excluding carboxylic acids is 1. The average Bonchev–Trinajstić information content (AvgIpc) is 3.09. The van der Waals surface area contributed by atoms with Crippen molar-refractivity contribution >= 4 is 32.6 Å². The number of fused-ring (bicyclic) bond motifs is 2. The molecule has 0 unspecified atom stereocenters. The number of hydrogen-bond acceptors (Lipinski definition) is 5. The van der Waals surface area contributed by atoms with Crippen LogP contribution < -0.4 is 0 Å². The van der Waals surface area contributed by atoms with Gasteiger partial charge >= 0.3 is 5.97 Å². The molecule has 2 aliphatic rings. The smallest absolute Gasteiger partial charge is 0.326 e. The van der Waals surface area contributed by atoms with Gasteiger partial charge in [0.1, 0.15) is 23.7 Å². The molecule has 0 N–H and O–H groups in total. The Balaban J connectivity index is 1.72. The van der Waals surface area contributed by atoms with Crippen LogP contribution in [0.3, 0.4) is 0 Å². The molecule has 1 aromatic heterocycles. The lowest BCUT2D eigenvalue weighted by atomic mass is 9.96. The van der Waals surface area contributed by atoms with Crippen LogP contribution in [-0.2, 0) is 26.1 Å². The largest absolute Gasteiger partial charge is 0.459 e. The van der Waals surface area contributed by atoms with Crippen LogP contribution in [0.2, 0.25) is 0 Å². The van der Waals surface area contributed by atoms with Crippen LogP contribution in [0.1, 0.15) is 69.7 Å². The molecule has 1 fully saturated rings. The van der Waals surface area contributed by atoms with Crippen LogP contribution in [-0.4, -0.2) is 40.7 Å². The number of rotatable bonds is 4. The van der Waals surface area contributed by atoms with E-state index in [1.165, 1.54) is 16.5 Å². The lowest BCUT2D eigenvalue weighted by Gasteiger charge is -2.35. The van der Waals surface area contributed by atoms with Crippen molar-refractivity contribution in [3.05, 3.63) is 65.1 Å². The highest BCUT2D eigenvalue weighted by atomic mass is 32.2. The molecular weight excluding hydrogens is 493 g/mol. The summed E-state index contributed by atoms with van der Waals surface area (Å²) in [6, 6.07) is 11.0. The third-order valence-corrected chi connectivity index (χ3v) is 8.77. The van der Waals surface area contributed by atoms with E-state index in [0.29, 0.717) is 33.4 Å². The van der Waals surface area contributed by atoms with E-state index in [1.807, 2.05) is 6.92 Å². The molecule has 1 aliphatic heterocycles. The second kappa shape index (κ2) is 9.28. The number of hydrogen-bond donors (Lipinski definition) is 0. The van der Waals surface area contributed by atoms with Gasteiger partial charge in [0.05, 0.1) is 10.9 Å². The fourth-order valence-electron chi connectivity index (χ4n) is 5.42. The Hall–Kier alpha value is -3.20. The van der Waals surface area contributed by atoms with Crippen LogP contribution in [0.5, 0.6) is 0 Å². The fraction of sp³-hybridized carbons (Fsp3) is 0.429. The van der Waals surface area contributed by atoms with Crippen molar-refractivity contribution in [3.63, 3.8) is 0 Å².